The molecule has 0 unspecified atom stereocenters. The van der Waals surface area contributed by atoms with E-state index in [0.29, 0.717) is 43.7 Å². The van der Waals surface area contributed by atoms with Crippen molar-refractivity contribution >= 4 is 34.7 Å². The molecule has 1 aliphatic rings. The van der Waals surface area contributed by atoms with Gasteiger partial charge in [-0.1, -0.05) is 24.3 Å². The van der Waals surface area contributed by atoms with E-state index in [9.17, 15) is 18.8 Å². The fourth-order valence-corrected chi connectivity index (χ4v) is 4.87. The second kappa shape index (κ2) is 11.3. The van der Waals surface area contributed by atoms with E-state index in [4.69, 9.17) is 0 Å². The van der Waals surface area contributed by atoms with E-state index in [1.807, 2.05) is 18.4 Å². The van der Waals surface area contributed by atoms with Crippen LogP contribution >= 0.6 is 11.3 Å². The van der Waals surface area contributed by atoms with Gasteiger partial charge in [-0.05, 0) is 67.5 Å². The zero-order valence-electron chi connectivity index (χ0n) is 19.6. The summed E-state index contributed by atoms with van der Waals surface area (Å²) in [6, 6.07) is 14.9. The second-order valence-corrected chi connectivity index (χ2v) is 9.68. The molecule has 0 atom stereocenters. The molecular weight excluding hydrogens is 465 g/mol. The number of halogens is 1. The number of thiophene rings is 1. The normalized spacial score (nSPS) is 13.9. The zero-order valence-corrected chi connectivity index (χ0v) is 20.4. The molecule has 3 amide bonds. The summed E-state index contributed by atoms with van der Waals surface area (Å²) in [6.45, 7) is 3.41. The van der Waals surface area contributed by atoms with Crippen LogP contribution in [0.2, 0.25) is 0 Å². The van der Waals surface area contributed by atoms with Gasteiger partial charge < -0.3 is 15.5 Å². The first-order valence-corrected chi connectivity index (χ1v) is 12.6. The molecule has 2 N–H and O–H groups in total. The number of carbonyl (C=O) groups excluding carboxylic acids is 3. The Bertz CT molecular complexity index is 1200. The van der Waals surface area contributed by atoms with Gasteiger partial charge in [-0.15, -0.1) is 11.3 Å². The lowest BCUT2D eigenvalue weighted by molar-refractivity contribution is -0.126. The van der Waals surface area contributed by atoms with Gasteiger partial charge in [0.05, 0.1) is 5.56 Å². The van der Waals surface area contributed by atoms with Gasteiger partial charge in [-0.2, -0.15) is 0 Å². The molecule has 3 aromatic rings. The smallest absolute Gasteiger partial charge is 0.258 e. The average Bonchev–Trinajstić information content (AvgIpc) is 3.39. The highest BCUT2D eigenvalue weighted by Gasteiger charge is 2.28. The first kappa shape index (κ1) is 24.6. The third-order valence-corrected chi connectivity index (χ3v) is 7.19. The van der Waals surface area contributed by atoms with Crippen LogP contribution in [0.3, 0.4) is 0 Å². The highest BCUT2D eigenvalue weighted by atomic mass is 32.1. The van der Waals surface area contributed by atoms with Crippen LogP contribution in [0.1, 0.15) is 44.0 Å². The number of hydrogen-bond donors (Lipinski definition) is 2. The molecule has 35 heavy (non-hydrogen) atoms. The van der Waals surface area contributed by atoms with E-state index >= 15 is 0 Å². The fourth-order valence-electron chi connectivity index (χ4n) is 4.16. The molecule has 182 valence electrons. The van der Waals surface area contributed by atoms with Crippen molar-refractivity contribution in [2.75, 3.05) is 25.0 Å². The van der Waals surface area contributed by atoms with Gasteiger partial charge in [0.15, 0.2) is 0 Å². The van der Waals surface area contributed by atoms with Crippen molar-refractivity contribution < 1.29 is 18.8 Å². The molecule has 2 aromatic carbocycles. The van der Waals surface area contributed by atoms with E-state index in [2.05, 4.69) is 16.7 Å². The van der Waals surface area contributed by atoms with Crippen LogP contribution in [0.25, 0.3) is 0 Å². The Labute approximate surface area is 208 Å². The number of nitrogens with zero attached hydrogens (tertiary/aromatic N) is 1. The van der Waals surface area contributed by atoms with Gasteiger partial charge in [0, 0.05) is 41.7 Å². The lowest BCUT2D eigenvalue weighted by Crippen LogP contribution is -2.43. The maximum atomic E-state index is 14.0. The number of aryl methyl sites for hydroxylation is 1. The zero-order chi connectivity index (χ0) is 24.8. The minimum Gasteiger partial charge on any atom is -0.355 e. The molecule has 0 aliphatic carbocycles. The predicted molar refractivity (Wildman–Crippen MR) is 135 cm³/mol. The van der Waals surface area contributed by atoms with Crippen LogP contribution in [0, 0.1) is 18.7 Å². The maximum absolute atomic E-state index is 14.0. The number of amides is 3. The molecule has 1 aromatic heterocycles. The molecule has 8 heteroatoms. The molecule has 1 fully saturated rings. The van der Waals surface area contributed by atoms with Crippen LogP contribution < -0.4 is 10.6 Å². The van der Waals surface area contributed by atoms with Gasteiger partial charge in [-0.3, -0.25) is 14.4 Å². The molecular formula is C27H28FN3O3S. The second-order valence-electron chi connectivity index (χ2n) is 8.65. The van der Waals surface area contributed by atoms with Gasteiger partial charge in [0.2, 0.25) is 5.91 Å². The van der Waals surface area contributed by atoms with Crippen molar-refractivity contribution in [2.45, 2.75) is 26.2 Å². The number of hydrogen-bond acceptors (Lipinski definition) is 4. The Balaban J connectivity index is 1.32. The standard InChI is InChI=1S/C27H28FN3O3S/c1-18-8-9-20(17-24(18)30-26(33)22-6-2-3-7-23(22)28)27(34)31-14-11-19(12-15-31)25(32)29-13-10-21-5-4-16-35-21/h2-9,16-17,19H,10-15H2,1H3,(H,29,32)(H,30,33). The summed E-state index contributed by atoms with van der Waals surface area (Å²) in [5.41, 5.74) is 1.62. The number of nitrogens with one attached hydrogen (secondary N) is 2. The molecule has 0 bridgehead atoms. The quantitative estimate of drug-likeness (QED) is 0.503. The van der Waals surface area contributed by atoms with Crippen molar-refractivity contribution in [1.29, 1.82) is 0 Å². The number of piperidine rings is 1. The molecule has 0 saturated carbocycles. The lowest BCUT2D eigenvalue weighted by Gasteiger charge is -2.31. The number of likely N-dealkylation sites (tertiary alicyclic amines) is 1. The third-order valence-electron chi connectivity index (χ3n) is 6.25. The Morgan fingerprint density at radius 1 is 1.06 bits per heavy atom. The minimum absolute atomic E-state index is 0.0436. The highest BCUT2D eigenvalue weighted by Crippen LogP contribution is 2.23. The molecule has 1 saturated heterocycles. The van der Waals surface area contributed by atoms with Crippen molar-refractivity contribution in [3.05, 3.63) is 87.4 Å². The Hall–Kier alpha value is -3.52. The Morgan fingerprint density at radius 2 is 1.83 bits per heavy atom. The molecule has 1 aliphatic heterocycles. The number of carbonyl (C=O) groups is 3. The third kappa shape index (κ3) is 6.14. The van der Waals surface area contributed by atoms with Gasteiger partial charge in [-0.25, -0.2) is 4.39 Å². The van der Waals surface area contributed by atoms with Crippen molar-refractivity contribution in [3.63, 3.8) is 0 Å². The van der Waals surface area contributed by atoms with E-state index in [0.717, 1.165) is 12.0 Å². The van der Waals surface area contributed by atoms with Crippen LogP contribution in [0.15, 0.2) is 60.0 Å². The van der Waals surface area contributed by atoms with Gasteiger partial charge >= 0.3 is 0 Å². The maximum Gasteiger partial charge on any atom is 0.258 e. The number of benzene rings is 2. The monoisotopic (exact) mass is 493 g/mol. The average molecular weight is 494 g/mol. The van der Waals surface area contributed by atoms with E-state index < -0.39 is 11.7 Å². The number of rotatable bonds is 7. The summed E-state index contributed by atoms with van der Waals surface area (Å²) in [7, 11) is 0. The summed E-state index contributed by atoms with van der Waals surface area (Å²) >= 11 is 1.68. The molecule has 0 spiro atoms. The van der Waals surface area contributed by atoms with Crippen molar-refractivity contribution in [3.8, 4) is 0 Å². The van der Waals surface area contributed by atoms with E-state index in [1.54, 1.807) is 40.5 Å². The summed E-state index contributed by atoms with van der Waals surface area (Å²) in [5, 5.41) is 7.75. The first-order valence-electron chi connectivity index (χ1n) is 11.7. The predicted octanol–water partition coefficient (Wildman–Crippen LogP) is 4.66. The van der Waals surface area contributed by atoms with Gasteiger partial charge in [0.1, 0.15) is 5.82 Å². The topological polar surface area (TPSA) is 78.5 Å². The van der Waals surface area contributed by atoms with E-state index in [-0.39, 0.29) is 23.3 Å². The van der Waals surface area contributed by atoms with Gasteiger partial charge in [0.25, 0.3) is 11.8 Å². The summed E-state index contributed by atoms with van der Waals surface area (Å²) < 4.78 is 14.0. The lowest BCUT2D eigenvalue weighted by atomic mass is 9.95. The molecule has 4 rings (SSSR count). The van der Waals surface area contributed by atoms with Crippen molar-refractivity contribution in [2.24, 2.45) is 5.92 Å². The van der Waals surface area contributed by atoms with Crippen LogP contribution in [0.5, 0.6) is 0 Å². The summed E-state index contributed by atoms with van der Waals surface area (Å²) in [4.78, 5) is 41.1. The van der Waals surface area contributed by atoms with E-state index in [1.165, 1.54) is 23.1 Å². The summed E-state index contributed by atoms with van der Waals surface area (Å²) in [5.74, 6) is -1.38. The molecule has 2 heterocycles. The SMILES string of the molecule is Cc1ccc(C(=O)N2CCC(C(=O)NCCc3cccs3)CC2)cc1NC(=O)c1ccccc1F. The highest BCUT2D eigenvalue weighted by molar-refractivity contribution is 7.09. The van der Waals surface area contributed by atoms with Crippen LogP contribution in [-0.2, 0) is 11.2 Å². The van der Waals surface area contributed by atoms with Crippen molar-refractivity contribution in [1.82, 2.24) is 10.2 Å². The molecule has 0 radical (unpaired) electrons. The number of anilines is 1. The first-order chi connectivity index (χ1) is 16.9. The van der Waals surface area contributed by atoms with Crippen LogP contribution in [-0.4, -0.2) is 42.3 Å². The summed E-state index contributed by atoms with van der Waals surface area (Å²) in [6.07, 6.45) is 2.04. The minimum atomic E-state index is -0.603. The Morgan fingerprint density at radius 3 is 2.54 bits per heavy atom. The molecule has 6 nitrogen and oxygen atoms in total. The van der Waals surface area contributed by atoms with Crippen LogP contribution in [0.4, 0.5) is 10.1 Å². The Kier molecular flexibility index (Phi) is 7.92. The largest absolute Gasteiger partial charge is 0.355 e. The fraction of sp³-hybridized carbons (Fsp3) is 0.296.